The molecule has 6 N–H and O–H groups in total. The number of carboxylic acid groups (broad SMARTS) is 1. The van der Waals surface area contributed by atoms with Gasteiger partial charge in [0.05, 0.1) is 5.69 Å². The number of amides is 2. The summed E-state index contributed by atoms with van der Waals surface area (Å²) in [5, 5.41) is 20.4. The predicted octanol–water partition coefficient (Wildman–Crippen LogP) is 1.49. The summed E-state index contributed by atoms with van der Waals surface area (Å²) in [5.74, 6) is -0.967. The van der Waals surface area contributed by atoms with Gasteiger partial charge in [0.2, 0.25) is 5.91 Å². The third-order valence-electron chi connectivity index (χ3n) is 3.71. The highest BCUT2D eigenvalue weighted by Gasteiger charge is 2.21. The average Bonchev–Trinajstić information content (AvgIpc) is 3.08. The lowest BCUT2D eigenvalue weighted by molar-refractivity contribution is -0.118. The number of hydrogen-bond donors (Lipinski definition) is 5. The number of nitrogens with one attached hydrogen (secondary N) is 3. The first-order valence-corrected chi connectivity index (χ1v) is 10.9. The lowest BCUT2D eigenvalue weighted by atomic mass is 10.1. The lowest BCUT2D eigenvalue weighted by Gasteiger charge is -2.15. The standard InChI is InChI=1S/C16H20FN5O5S2/c17-11-6-4-10(5-7-11)13-9-28-15(20-13)22-14(23)12(21-16(24)25)3-1-2-8-19-29(18,26)27/h4-7,9,12,19,21H,1-3,8H2,(H,24,25)(H2,18,26,27)(H,20,22,23). The number of unbranched alkanes of at least 4 members (excludes halogenated alkanes) is 1. The quantitative estimate of drug-likeness (QED) is 0.348. The highest BCUT2D eigenvalue weighted by Crippen LogP contribution is 2.25. The van der Waals surface area contributed by atoms with Gasteiger partial charge in [-0.3, -0.25) is 4.79 Å². The third-order valence-corrected chi connectivity index (χ3v) is 5.08. The van der Waals surface area contributed by atoms with Gasteiger partial charge in [-0.05, 0) is 43.5 Å². The van der Waals surface area contributed by atoms with Crippen molar-refractivity contribution in [2.24, 2.45) is 5.14 Å². The van der Waals surface area contributed by atoms with E-state index in [9.17, 15) is 22.4 Å². The van der Waals surface area contributed by atoms with Crippen LogP contribution in [0, 0.1) is 5.82 Å². The van der Waals surface area contributed by atoms with Crippen LogP contribution in [-0.2, 0) is 15.0 Å². The Morgan fingerprint density at radius 2 is 1.93 bits per heavy atom. The fourth-order valence-electron chi connectivity index (χ4n) is 2.38. The maximum Gasteiger partial charge on any atom is 0.405 e. The molecular weight excluding hydrogens is 425 g/mol. The molecule has 0 aliphatic rings. The van der Waals surface area contributed by atoms with E-state index in [4.69, 9.17) is 10.2 Å². The lowest BCUT2D eigenvalue weighted by Crippen LogP contribution is -2.43. The number of nitrogens with two attached hydrogens (primary N) is 1. The Balaban J connectivity index is 1.93. The Morgan fingerprint density at radius 1 is 1.24 bits per heavy atom. The van der Waals surface area contributed by atoms with Crippen molar-refractivity contribution in [1.82, 2.24) is 15.0 Å². The normalized spacial score (nSPS) is 12.3. The smallest absolute Gasteiger partial charge is 0.405 e. The van der Waals surface area contributed by atoms with Crippen LogP contribution >= 0.6 is 11.3 Å². The number of thiazole rings is 1. The Morgan fingerprint density at radius 3 is 2.55 bits per heavy atom. The number of halogens is 1. The fraction of sp³-hybridized carbons (Fsp3) is 0.312. The Hall–Kier alpha value is -2.61. The SMILES string of the molecule is NS(=O)(=O)NCCCCC(NC(=O)O)C(=O)Nc1nc(-c2ccc(F)cc2)cs1. The van der Waals surface area contributed by atoms with Gasteiger partial charge < -0.3 is 15.7 Å². The molecule has 0 bridgehead atoms. The van der Waals surface area contributed by atoms with Crippen LogP contribution in [0.1, 0.15) is 19.3 Å². The number of carbonyl (C=O) groups excluding carboxylic acids is 1. The van der Waals surface area contributed by atoms with Crippen molar-refractivity contribution < 1.29 is 27.5 Å². The minimum atomic E-state index is -3.79. The minimum Gasteiger partial charge on any atom is -0.465 e. The van der Waals surface area contributed by atoms with Gasteiger partial charge in [0, 0.05) is 17.5 Å². The monoisotopic (exact) mass is 445 g/mol. The summed E-state index contributed by atoms with van der Waals surface area (Å²) in [7, 11) is -3.79. The van der Waals surface area contributed by atoms with E-state index in [1.54, 1.807) is 17.5 Å². The Kier molecular flexibility index (Phi) is 8.01. The van der Waals surface area contributed by atoms with E-state index in [2.05, 4.69) is 20.3 Å². The summed E-state index contributed by atoms with van der Waals surface area (Å²) in [4.78, 5) is 27.6. The van der Waals surface area contributed by atoms with Gasteiger partial charge >= 0.3 is 6.09 Å². The molecule has 1 unspecified atom stereocenters. The van der Waals surface area contributed by atoms with Crippen LogP contribution < -0.4 is 20.5 Å². The number of aromatic nitrogens is 1. The molecule has 1 aromatic carbocycles. The molecule has 1 aromatic heterocycles. The molecular formula is C16H20FN5O5S2. The first kappa shape index (κ1) is 22.7. The molecule has 1 heterocycles. The van der Waals surface area contributed by atoms with Gasteiger partial charge in [0.15, 0.2) is 5.13 Å². The number of rotatable bonds is 10. The van der Waals surface area contributed by atoms with Crippen LogP contribution in [0.4, 0.5) is 14.3 Å². The molecule has 0 fully saturated rings. The highest BCUT2D eigenvalue weighted by molar-refractivity contribution is 7.87. The molecule has 2 aromatic rings. The second-order valence-electron chi connectivity index (χ2n) is 5.97. The molecule has 0 saturated carbocycles. The molecule has 13 heteroatoms. The van der Waals surface area contributed by atoms with Crippen molar-refractivity contribution in [3.8, 4) is 11.3 Å². The molecule has 2 amide bonds. The van der Waals surface area contributed by atoms with Crippen molar-refractivity contribution in [3.63, 3.8) is 0 Å². The van der Waals surface area contributed by atoms with E-state index in [0.717, 1.165) is 11.3 Å². The zero-order valence-electron chi connectivity index (χ0n) is 15.1. The maximum absolute atomic E-state index is 13.0. The number of hydrogen-bond acceptors (Lipinski definition) is 6. The van der Waals surface area contributed by atoms with Crippen LogP contribution in [0.15, 0.2) is 29.6 Å². The molecule has 29 heavy (non-hydrogen) atoms. The highest BCUT2D eigenvalue weighted by atomic mass is 32.2. The molecule has 1 atom stereocenters. The maximum atomic E-state index is 13.0. The number of nitrogens with zero attached hydrogens (tertiary/aromatic N) is 1. The van der Waals surface area contributed by atoms with Crippen molar-refractivity contribution in [2.75, 3.05) is 11.9 Å². The van der Waals surface area contributed by atoms with Gasteiger partial charge in [-0.1, -0.05) is 0 Å². The second-order valence-corrected chi connectivity index (χ2v) is 8.21. The summed E-state index contributed by atoms with van der Waals surface area (Å²) in [5.41, 5.74) is 1.22. The number of benzene rings is 1. The fourth-order valence-corrected chi connectivity index (χ4v) is 3.53. The van der Waals surface area contributed by atoms with Crippen molar-refractivity contribution in [2.45, 2.75) is 25.3 Å². The summed E-state index contributed by atoms with van der Waals surface area (Å²) in [6.07, 6.45) is -0.466. The van der Waals surface area contributed by atoms with E-state index >= 15 is 0 Å². The van der Waals surface area contributed by atoms with E-state index < -0.39 is 28.3 Å². The van der Waals surface area contributed by atoms with Gasteiger partial charge in [-0.2, -0.15) is 8.42 Å². The molecule has 0 radical (unpaired) electrons. The van der Waals surface area contributed by atoms with Crippen molar-refractivity contribution in [1.29, 1.82) is 0 Å². The molecule has 0 spiro atoms. The summed E-state index contributed by atoms with van der Waals surface area (Å²) < 4.78 is 36.7. The van der Waals surface area contributed by atoms with E-state index in [1.165, 1.54) is 12.1 Å². The molecule has 0 aliphatic carbocycles. The average molecular weight is 445 g/mol. The van der Waals surface area contributed by atoms with Crippen LogP contribution in [0.3, 0.4) is 0 Å². The Labute approximate surface area is 170 Å². The van der Waals surface area contributed by atoms with Gasteiger partial charge in [0.1, 0.15) is 11.9 Å². The molecule has 2 rings (SSSR count). The summed E-state index contributed by atoms with van der Waals surface area (Å²) in [6, 6.07) is 4.66. The van der Waals surface area contributed by atoms with E-state index in [1.807, 2.05) is 0 Å². The third kappa shape index (κ3) is 8.11. The van der Waals surface area contributed by atoms with Gasteiger partial charge in [-0.15, -0.1) is 11.3 Å². The van der Waals surface area contributed by atoms with Crippen LogP contribution in [-0.4, -0.2) is 43.1 Å². The van der Waals surface area contributed by atoms with E-state index in [-0.39, 0.29) is 23.9 Å². The topological polar surface area (TPSA) is 164 Å². The second kappa shape index (κ2) is 10.2. The zero-order valence-corrected chi connectivity index (χ0v) is 16.7. The summed E-state index contributed by atoms with van der Waals surface area (Å²) in [6.45, 7) is 0.0771. The summed E-state index contributed by atoms with van der Waals surface area (Å²) >= 11 is 1.15. The van der Waals surface area contributed by atoms with Crippen molar-refractivity contribution in [3.05, 3.63) is 35.5 Å². The molecule has 10 nitrogen and oxygen atoms in total. The minimum absolute atomic E-state index is 0.0771. The molecule has 158 valence electrons. The predicted molar refractivity (Wildman–Crippen MR) is 106 cm³/mol. The largest absolute Gasteiger partial charge is 0.465 e. The van der Waals surface area contributed by atoms with Crippen LogP contribution in [0.2, 0.25) is 0 Å². The van der Waals surface area contributed by atoms with E-state index in [0.29, 0.717) is 24.1 Å². The van der Waals surface area contributed by atoms with Gasteiger partial charge in [-0.25, -0.2) is 24.0 Å². The molecule has 0 saturated heterocycles. The zero-order chi connectivity index (χ0) is 21.4. The Bertz CT molecular complexity index is 949. The molecule has 0 aliphatic heterocycles. The van der Waals surface area contributed by atoms with Crippen molar-refractivity contribution >= 4 is 38.7 Å². The first-order valence-electron chi connectivity index (χ1n) is 8.43. The number of anilines is 1. The first-order chi connectivity index (χ1) is 13.6. The van der Waals surface area contributed by atoms with Gasteiger partial charge in [0.25, 0.3) is 10.2 Å². The van der Waals surface area contributed by atoms with Crippen LogP contribution in [0.25, 0.3) is 11.3 Å². The number of carbonyl (C=O) groups is 2. The van der Waals surface area contributed by atoms with Crippen LogP contribution in [0.5, 0.6) is 0 Å².